The first-order valence-corrected chi connectivity index (χ1v) is 8.73. The van der Waals surface area contributed by atoms with E-state index < -0.39 is 5.69 Å². The first-order chi connectivity index (χ1) is 10.5. The smallest absolute Gasteiger partial charge is 0.331 e. The van der Waals surface area contributed by atoms with Gasteiger partial charge in [-0.25, -0.2) is 4.79 Å². The molecule has 0 aromatic carbocycles. The van der Waals surface area contributed by atoms with Gasteiger partial charge < -0.3 is 4.90 Å². The van der Waals surface area contributed by atoms with Gasteiger partial charge in [0.1, 0.15) is 6.54 Å². The van der Waals surface area contributed by atoms with Crippen molar-refractivity contribution in [2.45, 2.75) is 38.0 Å². The first kappa shape index (κ1) is 16.9. The minimum atomic E-state index is -0.449. The van der Waals surface area contributed by atoms with Crippen molar-refractivity contribution in [3.05, 3.63) is 33.1 Å². The van der Waals surface area contributed by atoms with Gasteiger partial charge in [-0.3, -0.25) is 18.7 Å². The van der Waals surface area contributed by atoms with E-state index in [4.69, 9.17) is 0 Å². The van der Waals surface area contributed by atoms with E-state index in [2.05, 4.69) is 6.92 Å². The number of carbonyl (C=O) groups excluding carboxylic acids is 1. The van der Waals surface area contributed by atoms with Crippen LogP contribution >= 0.6 is 11.8 Å². The fourth-order valence-corrected chi connectivity index (χ4v) is 3.77. The van der Waals surface area contributed by atoms with Gasteiger partial charge in [-0.2, -0.15) is 11.8 Å². The molecule has 1 fully saturated rings. The van der Waals surface area contributed by atoms with Crippen LogP contribution in [0.5, 0.6) is 0 Å². The van der Waals surface area contributed by atoms with Crippen LogP contribution in [-0.4, -0.2) is 44.0 Å². The van der Waals surface area contributed by atoms with E-state index in [0.717, 1.165) is 42.7 Å². The van der Waals surface area contributed by atoms with Crippen molar-refractivity contribution in [3.8, 4) is 0 Å². The number of likely N-dealkylation sites (tertiary alicyclic amines) is 1. The Morgan fingerprint density at radius 2 is 2.14 bits per heavy atom. The lowest BCUT2D eigenvalue weighted by Crippen LogP contribution is -2.42. The zero-order valence-electron chi connectivity index (χ0n) is 13.2. The molecule has 1 aromatic heterocycles. The van der Waals surface area contributed by atoms with E-state index in [-0.39, 0.29) is 18.0 Å². The molecule has 0 saturated carbocycles. The molecule has 1 amide bonds. The molecule has 1 atom stereocenters. The molecule has 1 aliphatic heterocycles. The van der Waals surface area contributed by atoms with Crippen molar-refractivity contribution < 1.29 is 4.79 Å². The van der Waals surface area contributed by atoms with E-state index in [1.165, 1.54) is 23.9 Å². The maximum absolute atomic E-state index is 12.5. The third kappa shape index (κ3) is 4.03. The topological polar surface area (TPSA) is 64.3 Å². The maximum Gasteiger partial charge on any atom is 0.331 e. The fourth-order valence-electron chi connectivity index (χ4n) is 2.68. The fraction of sp³-hybridized carbons (Fsp3) is 0.667. The second-order valence-corrected chi connectivity index (χ2v) is 7.11. The summed E-state index contributed by atoms with van der Waals surface area (Å²) < 4.78 is 2.32. The summed E-state index contributed by atoms with van der Waals surface area (Å²) in [6.07, 6.45) is 4.69. The molecule has 1 aromatic rings. The Balaban J connectivity index is 2.09. The highest BCUT2D eigenvalue weighted by atomic mass is 32.2. The van der Waals surface area contributed by atoms with Crippen LogP contribution in [0.3, 0.4) is 0 Å². The number of carbonyl (C=O) groups is 1. The summed E-state index contributed by atoms with van der Waals surface area (Å²) in [6.45, 7) is 3.63. The molecular weight excluding hydrogens is 302 g/mol. The summed E-state index contributed by atoms with van der Waals surface area (Å²) in [6, 6.07) is 1.31. The Morgan fingerprint density at radius 1 is 1.36 bits per heavy atom. The largest absolute Gasteiger partial charge is 0.340 e. The predicted molar refractivity (Wildman–Crippen MR) is 88.3 cm³/mol. The lowest BCUT2D eigenvalue weighted by Gasteiger charge is -2.24. The number of hydrogen-bond donors (Lipinski definition) is 0. The normalized spacial score (nSPS) is 19.0. The van der Waals surface area contributed by atoms with E-state index in [1.54, 1.807) is 0 Å². The van der Waals surface area contributed by atoms with Crippen LogP contribution in [0, 0.1) is 0 Å². The summed E-state index contributed by atoms with van der Waals surface area (Å²) in [4.78, 5) is 37.7. The van der Waals surface area contributed by atoms with Crippen LogP contribution in [0.1, 0.15) is 26.2 Å². The highest BCUT2D eigenvalue weighted by molar-refractivity contribution is 7.99. The minimum Gasteiger partial charge on any atom is -0.340 e. The second-order valence-electron chi connectivity index (χ2n) is 5.54. The molecule has 0 radical (unpaired) electrons. The maximum atomic E-state index is 12.5. The number of hydrogen-bond acceptors (Lipinski definition) is 4. The van der Waals surface area contributed by atoms with E-state index >= 15 is 0 Å². The van der Waals surface area contributed by atoms with Gasteiger partial charge in [0.05, 0.1) is 0 Å². The summed E-state index contributed by atoms with van der Waals surface area (Å²) in [7, 11) is 1.42. The number of nitrogens with zero attached hydrogens (tertiary/aromatic N) is 3. The molecule has 22 heavy (non-hydrogen) atoms. The average Bonchev–Trinajstić information content (AvgIpc) is 2.74. The van der Waals surface area contributed by atoms with Crippen LogP contribution in [0.15, 0.2) is 21.9 Å². The van der Waals surface area contributed by atoms with E-state index in [0.29, 0.717) is 5.25 Å². The first-order valence-electron chi connectivity index (χ1n) is 7.68. The van der Waals surface area contributed by atoms with Crippen molar-refractivity contribution in [1.82, 2.24) is 14.0 Å². The SMILES string of the molecule is CCS[C@@H]1CCCCN(C(=O)Cn2ccc(=O)n(C)c2=O)C1. The molecule has 122 valence electrons. The average molecular weight is 325 g/mol. The van der Waals surface area contributed by atoms with Gasteiger partial charge >= 0.3 is 5.69 Å². The second kappa shape index (κ2) is 7.67. The highest BCUT2D eigenvalue weighted by Crippen LogP contribution is 2.22. The van der Waals surface area contributed by atoms with Crippen LogP contribution in [0.25, 0.3) is 0 Å². The van der Waals surface area contributed by atoms with Crippen molar-refractivity contribution in [1.29, 1.82) is 0 Å². The molecule has 0 spiro atoms. The molecule has 1 aliphatic rings. The predicted octanol–water partition coefficient (Wildman–Crippen LogP) is 0.681. The molecule has 6 nitrogen and oxygen atoms in total. The number of amides is 1. The minimum absolute atomic E-state index is 0.00351. The third-order valence-electron chi connectivity index (χ3n) is 3.95. The summed E-state index contributed by atoms with van der Waals surface area (Å²) in [5.41, 5.74) is -0.807. The Morgan fingerprint density at radius 3 is 2.86 bits per heavy atom. The molecule has 0 aliphatic carbocycles. The number of rotatable bonds is 4. The Labute approximate surface area is 134 Å². The van der Waals surface area contributed by atoms with E-state index in [9.17, 15) is 14.4 Å². The van der Waals surface area contributed by atoms with Gasteiger partial charge in [0.25, 0.3) is 5.56 Å². The van der Waals surface area contributed by atoms with E-state index in [1.807, 2.05) is 16.7 Å². The lowest BCUT2D eigenvalue weighted by atomic mass is 10.2. The van der Waals surface area contributed by atoms with Crippen LogP contribution in [0.4, 0.5) is 0 Å². The quantitative estimate of drug-likeness (QED) is 0.817. The Bertz CT molecular complexity index is 638. The van der Waals surface area contributed by atoms with Crippen molar-refractivity contribution >= 4 is 17.7 Å². The third-order valence-corrected chi connectivity index (χ3v) is 5.14. The Hall–Kier alpha value is -1.50. The van der Waals surface area contributed by atoms with Gasteiger partial charge in [-0.05, 0) is 18.6 Å². The van der Waals surface area contributed by atoms with Crippen molar-refractivity contribution in [3.63, 3.8) is 0 Å². The lowest BCUT2D eigenvalue weighted by molar-refractivity contribution is -0.131. The van der Waals surface area contributed by atoms with Gasteiger partial charge in [0.15, 0.2) is 0 Å². The number of aromatic nitrogens is 2. The standard InChI is InChI=1S/C15H23N3O3S/c1-3-22-12-6-4-5-8-17(10-12)14(20)11-18-9-7-13(19)16(2)15(18)21/h7,9,12H,3-6,8,10-11H2,1-2H3/t12-/m1/s1. The summed E-state index contributed by atoms with van der Waals surface area (Å²) in [5.74, 6) is 0.997. The van der Waals surface area contributed by atoms with Crippen LogP contribution < -0.4 is 11.2 Å². The summed E-state index contributed by atoms with van der Waals surface area (Å²) in [5, 5.41) is 0.480. The molecule has 0 N–H and O–H groups in total. The van der Waals surface area contributed by atoms with Crippen molar-refractivity contribution in [2.24, 2.45) is 7.05 Å². The molecular formula is C15H23N3O3S. The summed E-state index contributed by atoms with van der Waals surface area (Å²) >= 11 is 1.89. The monoisotopic (exact) mass is 325 g/mol. The van der Waals surface area contributed by atoms with Gasteiger partial charge in [0.2, 0.25) is 5.91 Å². The zero-order valence-corrected chi connectivity index (χ0v) is 14.0. The molecule has 0 bridgehead atoms. The van der Waals surface area contributed by atoms with Gasteiger partial charge in [-0.15, -0.1) is 0 Å². The molecule has 2 heterocycles. The molecule has 2 rings (SSSR count). The van der Waals surface area contributed by atoms with Crippen LogP contribution in [0.2, 0.25) is 0 Å². The Kier molecular flexibility index (Phi) is 5.88. The zero-order chi connectivity index (χ0) is 16.1. The highest BCUT2D eigenvalue weighted by Gasteiger charge is 2.22. The van der Waals surface area contributed by atoms with Gasteiger partial charge in [0, 0.05) is 37.7 Å². The molecule has 1 saturated heterocycles. The molecule has 0 unspecified atom stereocenters. The number of thioether (sulfide) groups is 1. The van der Waals surface area contributed by atoms with Crippen molar-refractivity contribution in [2.75, 3.05) is 18.8 Å². The van der Waals surface area contributed by atoms with Gasteiger partial charge in [-0.1, -0.05) is 13.3 Å². The van der Waals surface area contributed by atoms with Crippen LogP contribution in [-0.2, 0) is 18.4 Å². The molecule has 7 heteroatoms.